The summed E-state index contributed by atoms with van der Waals surface area (Å²) in [5, 5.41) is 7.55. The third-order valence-electron chi connectivity index (χ3n) is 4.49. The van der Waals surface area contributed by atoms with Crippen LogP contribution >= 0.6 is 11.3 Å². The Morgan fingerprint density at radius 3 is 3.09 bits per heavy atom. The third-order valence-corrected chi connectivity index (χ3v) is 5.47. The van der Waals surface area contributed by atoms with Crippen LogP contribution in [0, 0.1) is 0 Å². The first kappa shape index (κ1) is 16.0. The fraction of sp³-hybridized carbons (Fsp3) is 0.562. The molecule has 2 N–H and O–H groups in total. The van der Waals surface area contributed by atoms with Crippen molar-refractivity contribution >= 4 is 29.2 Å². The van der Waals surface area contributed by atoms with Gasteiger partial charge in [-0.1, -0.05) is 13.3 Å². The molecule has 0 aromatic carbocycles. The molecule has 0 bridgehead atoms. The number of imide groups is 1. The molecule has 1 atom stereocenters. The number of rotatable bonds is 5. The molecule has 23 heavy (non-hydrogen) atoms. The fourth-order valence-corrected chi connectivity index (χ4v) is 4.29. The highest BCUT2D eigenvalue weighted by atomic mass is 32.1. The molecule has 2 aliphatic rings. The van der Waals surface area contributed by atoms with Gasteiger partial charge in [0.05, 0.1) is 0 Å². The van der Waals surface area contributed by atoms with Crippen molar-refractivity contribution in [2.75, 3.05) is 13.1 Å². The standard InChI is InChI=1S/C16H21N3O3S/c1-2-3-8-17-13(20)10-19-14(21)16(18-15(19)22)7-4-5-12-11(16)6-9-23-12/h6,9H,2-5,7-8,10H2,1H3,(H,17,20)(H,18,22). The minimum absolute atomic E-state index is 0.213. The first-order valence-corrected chi connectivity index (χ1v) is 8.94. The molecule has 3 rings (SSSR count). The van der Waals surface area contributed by atoms with Crippen molar-refractivity contribution < 1.29 is 14.4 Å². The zero-order valence-corrected chi connectivity index (χ0v) is 14.0. The summed E-state index contributed by atoms with van der Waals surface area (Å²) in [4.78, 5) is 39.3. The van der Waals surface area contributed by atoms with Crippen LogP contribution in [0.2, 0.25) is 0 Å². The number of aryl methyl sites for hydroxylation is 1. The molecule has 1 aliphatic heterocycles. The monoisotopic (exact) mass is 335 g/mol. The first-order chi connectivity index (χ1) is 11.1. The van der Waals surface area contributed by atoms with Gasteiger partial charge in [-0.25, -0.2) is 4.79 Å². The molecule has 0 radical (unpaired) electrons. The summed E-state index contributed by atoms with van der Waals surface area (Å²) in [6, 6.07) is 1.45. The smallest absolute Gasteiger partial charge is 0.325 e. The van der Waals surface area contributed by atoms with Crippen LogP contribution < -0.4 is 10.6 Å². The third kappa shape index (κ3) is 2.73. The van der Waals surface area contributed by atoms with Crippen LogP contribution in [0.25, 0.3) is 0 Å². The summed E-state index contributed by atoms with van der Waals surface area (Å²) in [5.74, 6) is -0.590. The minimum Gasteiger partial charge on any atom is -0.355 e. The molecule has 4 amide bonds. The highest BCUT2D eigenvalue weighted by Gasteiger charge is 2.54. The molecule has 1 fully saturated rings. The maximum absolute atomic E-state index is 12.9. The molecule has 2 heterocycles. The Labute approximate surface area is 139 Å². The van der Waals surface area contributed by atoms with E-state index in [2.05, 4.69) is 10.6 Å². The summed E-state index contributed by atoms with van der Waals surface area (Å²) in [7, 11) is 0. The van der Waals surface area contributed by atoms with E-state index < -0.39 is 11.6 Å². The predicted molar refractivity (Wildman–Crippen MR) is 87.1 cm³/mol. The largest absolute Gasteiger partial charge is 0.355 e. The van der Waals surface area contributed by atoms with E-state index in [1.165, 1.54) is 0 Å². The van der Waals surface area contributed by atoms with Gasteiger partial charge in [0.1, 0.15) is 12.1 Å². The van der Waals surface area contributed by atoms with Crippen molar-refractivity contribution in [3.8, 4) is 0 Å². The summed E-state index contributed by atoms with van der Waals surface area (Å²) in [5.41, 5.74) is -0.0602. The lowest BCUT2D eigenvalue weighted by atomic mass is 9.80. The maximum Gasteiger partial charge on any atom is 0.325 e. The quantitative estimate of drug-likeness (QED) is 0.635. The number of hydrogen-bond acceptors (Lipinski definition) is 4. The lowest BCUT2D eigenvalue weighted by molar-refractivity contribution is -0.135. The van der Waals surface area contributed by atoms with Crippen LogP contribution in [0.3, 0.4) is 0 Å². The highest BCUT2D eigenvalue weighted by Crippen LogP contribution is 2.41. The van der Waals surface area contributed by atoms with Crippen LogP contribution in [-0.4, -0.2) is 35.8 Å². The summed E-state index contributed by atoms with van der Waals surface area (Å²) >= 11 is 1.62. The Kier molecular flexibility index (Phi) is 4.39. The first-order valence-electron chi connectivity index (χ1n) is 8.06. The summed E-state index contributed by atoms with van der Waals surface area (Å²) in [6.45, 7) is 2.39. The molecule has 1 spiro atoms. The fourth-order valence-electron chi connectivity index (χ4n) is 3.29. The van der Waals surface area contributed by atoms with E-state index in [1.807, 2.05) is 18.4 Å². The van der Waals surface area contributed by atoms with E-state index >= 15 is 0 Å². The lowest BCUT2D eigenvalue weighted by Crippen LogP contribution is -2.46. The van der Waals surface area contributed by atoms with Gasteiger partial charge in [0.25, 0.3) is 5.91 Å². The molecule has 1 aromatic heterocycles. The Morgan fingerprint density at radius 1 is 1.48 bits per heavy atom. The molecule has 7 heteroatoms. The van der Waals surface area contributed by atoms with Gasteiger partial charge in [0, 0.05) is 17.0 Å². The van der Waals surface area contributed by atoms with Gasteiger partial charge in [0.2, 0.25) is 5.91 Å². The zero-order chi connectivity index (χ0) is 16.4. The number of urea groups is 1. The number of hydrogen-bond donors (Lipinski definition) is 2. The predicted octanol–water partition coefficient (Wildman–Crippen LogP) is 1.75. The van der Waals surface area contributed by atoms with Gasteiger partial charge in [0.15, 0.2) is 0 Å². The highest BCUT2D eigenvalue weighted by molar-refractivity contribution is 7.10. The van der Waals surface area contributed by atoms with E-state index in [0.717, 1.165) is 41.0 Å². The second kappa shape index (κ2) is 6.31. The molecule has 1 aromatic rings. The number of carbonyl (C=O) groups excluding carboxylic acids is 3. The number of carbonyl (C=O) groups is 3. The molecular weight excluding hydrogens is 314 g/mol. The van der Waals surface area contributed by atoms with Crippen LogP contribution in [0.5, 0.6) is 0 Å². The Balaban J connectivity index is 1.75. The van der Waals surface area contributed by atoms with E-state index in [4.69, 9.17) is 0 Å². The van der Waals surface area contributed by atoms with Crippen molar-refractivity contribution in [2.24, 2.45) is 0 Å². The number of amides is 4. The van der Waals surface area contributed by atoms with Gasteiger partial charge < -0.3 is 10.6 Å². The van der Waals surface area contributed by atoms with Crippen molar-refractivity contribution in [3.05, 3.63) is 21.9 Å². The van der Waals surface area contributed by atoms with Gasteiger partial charge >= 0.3 is 6.03 Å². The van der Waals surface area contributed by atoms with Gasteiger partial charge in [-0.15, -0.1) is 11.3 Å². The van der Waals surface area contributed by atoms with Crippen molar-refractivity contribution in [3.63, 3.8) is 0 Å². The number of unbranched alkanes of at least 4 members (excludes halogenated alkanes) is 1. The Bertz CT molecular complexity index is 642. The van der Waals surface area contributed by atoms with E-state index in [1.54, 1.807) is 11.3 Å². The zero-order valence-electron chi connectivity index (χ0n) is 13.2. The topological polar surface area (TPSA) is 78.5 Å². The minimum atomic E-state index is -0.964. The average molecular weight is 335 g/mol. The lowest BCUT2D eigenvalue weighted by Gasteiger charge is -2.31. The molecule has 0 saturated carbocycles. The van der Waals surface area contributed by atoms with E-state index in [0.29, 0.717) is 13.0 Å². The normalized spacial score (nSPS) is 23.1. The molecule has 1 saturated heterocycles. The second-order valence-electron chi connectivity index (χ2n) is 6.04. The molecule has 1 unspecified atom stereocenters. The van der Waals surface area contributed by atoms with E-state index in [-0.39, 0.29) is 18.4 Å². The Hall–Kier alpha value is -1.89. The Morgan fingerprint density at radius 2 is 2.30 bits per heavy atom. The average Bonchev–Trinajstić information content (AvgIpc) is 3.09. The van der Waals surface area contributed by atoms with Gasteiger partial charge in [-0.3, -0.25) is 14.5 Å². The SMILES string of the molecule is CCCCNC(=O)CN1C(=O)NC2(CCCc3sccc32)C1=O. The molecule has 6 nitrogen and oxygen atoms in total. The van der Waals surface area contributed by atoms with Crippen molar-refractivity contribution in [2.45, 2.75) is 44.6 Å². The molecular formula is C16H21N3O3S. The second-order valence-corrected chi connectivity index (χ2v) is 7.04. The van der Waals surface area contributed by atoms with Crippen LogP contribution in [0.15, 0.2) is 11.4 Å². The van der Waals surface area contributed by atoms with Crippen LogP contribution in [0.4, 0.5) is 4.79 Å². The van der Waals surface area contributed by atoms with Crippen molar-refractivity contribution in [1.82, 2.24) is 15.5 Å². The van der Waals surface area contributed by atoms with Crippen LogP contribution in [-0.2, 0) is 21.5 Å². The van der Waals surface area contributed by atoms with Crippen molar-refractivity contribution in [1.29, 1.82) is 0 Å². The summed E-state index contributed by atoms with van der Waals surface area (Å²) < 4.78 is 0. The molecule has 124 valence electrons. The number of thiophene rings is 1. The maximum atomic E-state index is 12.9. The molecule has 1 aliphatic carbocycles. The number of nitrogens with zero attached hydrogens (tertiary/aromatic N) is 1. The number of fused-ring (bicyclic) bond motifs is 2. The van der Waals surface area contributed by atoms with Gasteiger partial charge in [-0.05, 0) is 37.1 Å². The van der Waals surface area contributed by atoms with E-state index in [9.17, 15) is 14.4 Å². The van der Waals surface area contributed by atoms with Crippen LogP contribution in [0.1, 0.15) is 43.0 Å². The van der Waals surface area contributed by atoms with Gasteiger partial charge in [-0.2, -0.15) is 0 Å². The number of nitrogens with one attached hydrogen (secondary N) is 2. The summed E-state index contributed by atoms with van der Waals surface area (Å²) in [6.07, 6.45) is 4.25.